The topological polar surface area (TPSA) is 102 Å². The van der Waals surface area contributed by atoms with E-state index < -0.39 is 23.9 Å². The molecule has 0 aromatic rings. The van der Waals surface area contributed by atoms with E-state index in [9.17, 15) is 19.2 Å². The lowest BCUT2D eigenvalue weighted by Crippen LogP contribution is -2.56. The second-order valence-electron chi connectivity index (χ2n) is 6.30. The molecule has 1 fully saturated rings. The summed E-state index contributed by atoms with van der Waals surface area (Å²) in [6.07, 6.45) is 4.12. The van der Waals surface area contributed by atoms with Gasteiger partial charge in [-0.2, -0.15) is 0 Å². The molecule has 1 aliphatic rings. The van der Waals surface area contributed by atoms with E-state index in [1.807, 2.05) is 0 Å². The van der Waals surface area contributed by atoms with Gasteiger partial charge in [0.15, 0.2) is 0 Å². The minimum Gasteiger partial charge on any atom is -0.333 e. The molecule has 1 rings (SSSR count). The van der Waals surface area contributed by atoms with Crippen LogP contribution in [-0.4, -0.2) is 85.3 Å². The number of amides is 5. The first-order chi connectivity index (χ1) is 12.3. The lowest BCUT2D eigenvalue weighted by molar-refractivity contribution is -0.143. The zero-order valence-electron chi connectivity index (χ0n) is 15.8. The van der Waals surface area contributed by atoms with Crippen molar-refractivity contribution in [1.82, 2.24) is 25.3 Å². The van der Waals surface area contributed by atoms with Crippen molar-refractivity contribution >= 4 is 23.8 Å². The Balaban J connectivity index is 2.91. The Kier molecular flexibility index (Phi) is 8.77. The second-order valence-corrected chi connectivity index (χ2v) is 6.30. The van der Waals surface area contributed by atoms with Crippen molar-refractivity contribution in [2.45, 2.75) is 31.7 Å². The molecule has 0 bridgehead atoms. The van der Waals surface area contributed by atoms with Gasteiger partial charge in [-0.15, -0.1) is 0 Å². The SMILES string of the molecule is C=CNC(=O)CN(C)C(=O)N1CCCCC[C@H](N(C)C(=O)CNC)C1=O. The van der Waals surface area contributed by atoms with E-state index in [0.29, 0.717) is 12.8 Å². The van der Waals surface area contributed by atoms with Crippen molar-refractivity contribution in [2.24, 2.45) is 0 Å². The van der Waals surface area contributed by atoms with E-state index in [0.717, 1.165) is 17.7 Å². The molecule has 9 nitrogen and oxygen atoms in total. The first kappa shape index (κ1) is 21.6. The smallest absolute Gasteiger partial charge is 0.326 e. The van der Waals surface area contributed by atoms with Crippen molar-refractivity contribution in [3.8, 4) is 0 Å². The maximum absolute atomic E-state index is 13.0. The van der Waals surface area contributed by atoms with Crippen LogP contribution in [0.3, 0.4) is 0 Å². The number of imide groups is 1. The van der Waals surface area contributed by atoms with E-state index >= 15 is 0 Å². The summed E-state index contributed by atoms with van der Waals surface area (Å²) in [6.45, 7) is 3.60. The van der Waals surface area contributed by atoms with Gasteiger partial charge in [-0.05, 0) is 26.1 Å². The van der Waals surface area contributed by atoms with Gasteiger partial charge in [-0.3, -0.25) is 19.3 Å². The van der Waals surface area contributed by atoms with E-state index in [1.54, 1.807) is 14.1 Å². The van der Waals surface area contributed by atoms with Crippen LogP contribution in [0.15, 0.2) is 12.8 Å². The van der Waals surface area contributed by atoms with Crippen LogP contribution < -0.4 is 10.6 Å². The Morgan fingerprint density at radius 2 is 1.96 bits per heavy atom. The Bertz CT molecular complexity index is 551. The summed E-state index contributed by atoms with van der Waals surface area (Å²) < 4.78 is 0. The molecule has 146 valence electrons. The maximum atomic E-state index is 13.0. The van der Waals surface area contributed by atoms with Crippen LogP contribution in [0.5, 0.6) is 0 Å². The van der Waals surface area contributed by atoms with Crippen molar-refractivity contribution in [3.05, 3.63) is 12.8 Å². The lowest BCUT2D eigenvalue weighted by atomic mass is 10.0. The lowest BCUT2D eigenvalue weighted by Gasteiger charge is -2.35. The van der Waals surface area contributed by atoms with Crippen molar-refractivity contribution in [2.75, 3.05) is 40.8 Å². The number of carbonyl (C=O) groups is 4. The summed E-state index contributed by atoms with van der Waals surface area (Å²) in [5.74, 6) is -1.01. The molecule has 0 unspecified atom stereocenters. The normalized spacial score (nSPS) is 17.7. The van der Waals surface area contributed by atoms with Gasteiger partial charge in [0.1, 0.15) is 12.6 Å². The molecular weight excluding hydrogens is 338 g/mol. The molecule has 1 aliphatic heterocycles. The molecule has 2 N–H and O–H groups in total. The van der Waals surface area contributed by atoms with Crippen LogP contribution in [0.25, 0.3) is 0 Å². The van der Waals surface area contributed by atoms with Gasteiger partial charge in [0.25, 0.3) is 5.91 Å². The molecule has 0 aliphatic carbocycles. The molecule has 0 radical (unpaired) electrons. The Labute approximate surface area is 154 Å². The monoisotopic (exact) mass is 367 g/mol. The van der Waals surface area contributed by atoms with Gasteiger partial charge in [0.05, 0.1) is 6.54 Å². The minimum atomic E-state index is -0.685. The predicted molar refractivity (Wildman–Crippen MR) is 97.0 cm³/mol. The molecule has 0 aromatic heterocycles. The largest absolute Gasteiger partial charge is 0.333 e. The Morgan fingerprint density at radius 1 is 1.27 bits per heavy atom. The van der Waals surface area contributed by atoms with Gasteiger partial charge < -0.3 is 20.4 Å². The first-order valence-corrected chi connectivity index (χ1v) is 8.70. The fourth-order valence-corrected chi connectivity index (χ4v) is 2.85. The molecule has 5 amide bonds. The second kappa shape index (κ2) is 10.5. The van der Waals surface area contributed by atoms with Crippen LogP contribution in [0.1, 0.15) is 25.7 Å². The maximum Gasteiger partial charge on any atom is 0.326 e. The summed E-state index contributed by atoms with van der Waals surface area (Å²) in [5, 5.41) is 5.16. The summed E-state index contributed by atoms with van der Waals surface area (Å²) in [5.41, 5.74) is 0. The minimum absolute atomic E-state index is 0.121. The standard InChI is InChI=1S/C17H29N5O4/c1-5-19-14(23)12-20(3)17(26)22-10-8-6-7-9-13(16(22)25)21(4)15(24)11-18-2/h5,13,18H,1,6-12H2,2-4H3,(H,19,23)/t13-/m0/s1. The highest BCUT2D eigenvalue weighted by Gasteiger charge is 2.35. The third kappa shape index (κ3) is 5.83. The summed E-state index contributed by atoms with van der Waals surface area (Å²) in [4.78, 5) is 53.2. The third-order valence-corrected chi connectivity index (χ3v) is 4.30. The van der Waals surface area contributed by atoms with E-state index in [2.05, 4.69) is 17.2 Å². The molecule has 1 heterocycles. The van der Waals surface area contributed by atoms with E-state index in [-0.39, 0.29) is 25.5 Å². The number of hydrogen-bond donors (Lipinski definition) is 2. The number of carbonyl (C=O) groups excluding carboxylic acids is 4. The van der Waals surface area contributed by atoms with Crippen LogP contribution >= 0.6 is 0 Å². The average molecular weight is 367 g/mol. The highest BCUT2D eigenvalue weighted by atomic mass is 16.2. The van der Waals surface area contributed by atoms with Gasteiger partial charge in [0.2, 0.25) is 11.8 Å². The summed E-state index contributed by atoms with van der Waals surface area (Å²) >= 11 is 0. The van der Waals surface area contributed by atoms with Crippen molar-refractivity contribution < 1.29 is 19.2 Å². The predicted octanol–water partition coefficient (Wildman–Crippen LogP) is -0.253. The quantitative estimate of drug-likeness (QED) is 0.674. The van der Waals surface area contributed by atoms with Crippen molar-refractivity contribution in [3.63, 3.8) is 0 Å². The fraction of sp³-hybridized carbons (Fsp3) is 0.647. The number of nitrogens with zero attached hydrogens (tertiary/aromatic N) is 3. The number of likely N-dealkylation sites (N-methyl/N-ethyl adjacent to an activating group) is 3. The van der Waals surface area contributed by atoms with Gasteiger partial charge in [-0.25, -0.2) is 4.79 Å². The van der Waals surface area contributed by atoms with Crippen LogP contribution in [0.4, 0.5) is 4.79 Å². The molecule has 1 saturated heterocycles. The van der Waals surface area contributed by atoms with Crippen LogP contribution in [0.2, 0.25) is 0 Å². The first-order valence-electron chi connectivity index (χ1n) is 8.70. The van der Waals surface area contributed by atoms with Gasteiger partial charge in [0, 0.05) is 20.6 Å². The molecule has 0 saturated carbocycles. The van der Waals surface area contributed by atoms with Gasteiger partial charge >= 0.3 is 6.03 Å². The van der Waals surface area contributed by atoms with E-state index in [1.165, 1.54) is 23.0 Å². The molecular formula is C17H29N5O4. The summed E-state index contributed by atoms with van der Waals surface area (Å²) in [7, 11) is 4.69. The van der Waals surface area contributed by atoms with Crippen LogP contribution in [-0.2, 0) is 14.4 Å². The number of rotatable bonds is 6. The Hall–Kier alpha value is -2.42. The summed E-state index contributed by atoms with van der Waals surface area (Å²) in [6, 6.07) is -1.23. The highest BCUT2D eigenvalue weighted by molar-refractivity contribution is 5.99. The third-order valence-electron chi connectivity index (χ3n) is 4.30. The fourth-order valence-electron chi connectivity index (χ4n) is 2.85. The molecule has 0 spiro atoms. The van der Waals surface area contributed by atoms with Gasteiger partial charge in [-0.1, -0.05) is 19.4 Å². The Morgan fingerprint density at radius 3 is 2.58 bits per heavy atom. The molecule has 26 heavy (non-hydrogen) atoms. The average Bonchev–Trinajstić information content (AvgIpc) is 2.58. The number of urea groups is 1. The highest BCUT2D eigenvalue weighted by Crippen LogP contribution is 2.18. The molecule has 1 atom stereocenters. The number of likely N-dealkylation sites (tertiary alicyclic amines) is 1. The number of hydrogen-bond acceptors (Lipinski definition) is 5. The molecule has 0 aromatic carbocycles. The molecule has 9 heteroatoms. The van der Waals surface area contributed by atoms with E-state index in [4.69, 9.17) is 0 Å². The van der Waals surface area contributed by atoms with Crippen LogP contribution in [0, 0.1) is 0 Å². The zero-order valence-corrected chi connectivity index (χ0v) is 15.8. The number of nitrogens with one attached hydrogen (secondary N) is 2. The zero-order chi connectivity index (χ0) is 19.7. The van der Waals surface area contributed by atoms with Crippen molar-refractivity contribution in [1.29, 1.82) is 0 Å².